The molecule has 0 fully saturated rings. The van der Waals surface area contributed by atoms with E-state index >= 15 is 0 Å². The first-order valence-electron chi connectivity index (χ1n) is 6.39. The number of rotatable bonds is 4. The Bertz CT molecular complexity index is 773. The van der Waals surface area contributed by atoms with Crippen LogP contribution >= 0.6 is 0 Å². The number of hydrogen-bond donors (Lipinski definition) is 3. The minimum atomic E-state index is -0.602. The Morgan fingerprint density at radius 3 is 2.62 bits per heavy atom. The van der Waals surface area contributed by atoms with Crippen LogP contribution in [0.4, 0.5) is 0 Å². The summed E-state index contributed by atoms with van der Waals surface area (Å²) in [6, 6.07) is 9.49. The van der Waals surface area contributed by atoms with Crippen LogP contribution in [0, 0.1) is 6.92 Å². The molecule has 0 atom stereocenters. The highest BCUT2D eigenvalue weighted by atomic mass is 16.2. The van der Waals surface area contributed by atoms with Gasteiger partial charge in [0.05, 0.1) is 5.69 Å². The van der Waals surface area contributed by atoms with Crippen molar-refractivity contribution in [3.05, 3.63) is 74.1 Å². The quantitative estimate of drug-likeness (QED) is 0.722. The zero-order valence-electron chi connectivity index (χ0n) is 11.5. The molecule has 6 heteroatoms. The molecule has 0 radical (unpaired) electrons. The SMILES string of the molecule is Cc1c(C=CC(=O)NCc2ccccc2)[nH]c(=O)[nH]c1=O. The summed E-state index contributed by atoms with van der Waals surface area (Å²) < 4.78 is 0. The van der Waals surface area contributed by atoms with Crippen molar-refractivity contribution in [3.8, 4) is 0 Å². The lowest BCUT2D eigenvalue weighted by Gasteiger charge is -2.02. The second-order valence-electron chi connectivity index (χ2n) is 4.48. The Hall–Kier alpha value is -2.89. The zero-order chi connectivity index (χ0) is 15.2. The molecule has 0 aliphatic heterocycles. The standard InChI is InChI=1S/C15H15N3O3/c1-10-12(17-15(21)18-14(10)20)7-8-13(19)16-9-11-5-3-2-4-6-11/h2-8H,9H2,1H3,(H,16,19)(H2,17,18,20,21). The molecule has 2 aromatic rings. The molecular formula is C15H15N3O3. The lowest BCUT2D eigenvalue weighted by molar-refractivity contribution is -0.116. The molecule has 108 valence electrons. The van der Waals surface area contributed by atoms with Crippen LogP contribution in [0.2, 0.25) is 0 Å². The van der Waals surface area contributed by atoms with E-state index in [0.717, 1.165) is 5.56 Å². The van der Waals surface area contributed by atoms with E-state index in [1.807, 2.05) is 30.3 Å². The summed E-state index contributed by atoms with van der Waals surface area (Å²) in [5.41, 5.74) is 0.582. The van der Waals surface area contributed by atoms with Crippen LogP contribution < -0.4 is 16.6 Å². The highest BCUT2D eigenvalue weighted by Gasteiger charge is 2.02. The molecule has 0 spiro atoms. The first kappa shape index (κ1) is 14.5. The fourth-order valence-electron chi connectivity index (χ4n) is 1.74. The summed E-state index contributed by atoms with van der Waals surface area (Å²) in [7, 11) is 0. The molecule has 0 aliphatic carbocycles. The zero-order valence-corrected chi connectivity index (χ0v) is 11.5. The van der Waals surface area contributed by atoms with E-state index in [2.05, 4.69) is 15.3 Å². The van der Waals surface area contributed by atoms with Gasteiger partial charge in [-0.2, -0.15) is 0 Å². The maximum absolute atomic E-state index is 11.7. The molecule has 1 amide bonds. The molecule has 1 aromatic carbocycles. The largest absolute Gasteiger partial charge is 0.348 e. The molecule has 0 saturated heterocycles. The third-order valence-corrected chi connectivity index (χ3v) is 2.93. The summed E-state index contributed by atoms with van der Waals surface area (Å²) in [6.07, 6.45) is 2.69. The Labute approximate surface area is 120 Å². The Morgan fingerprint density at radius 2 is 1.90 bits per heavy atom. The van der Waals surface area contributed by atoms with E-state index in [9.17, 15) is 14.4 Å². The van der Waals surface area contributed by atoms with Crippen LogP contribution in [0.5, 0.6) is 0 Å². The van der Waals surface area contributed by atoms with Crippen LogP contribution in [0.25, 0.3) is 6.08 Å². The fraction of sp³-hybridized carbons (Fsp3) is 0.133. The van der Waals surface area contributed by atoms with E-state index in [1.165, 1.54) is 12.2 Å². The second-order valence-corrected chi connectivity index (χ2v) is 4.48. The van der Waals surface area contributed by atoms with Gasteiger partial charge >= 0.3 is 5.69 Å². The minimum absolute atomic E-state index is 0.306. The number of aromatic nitrogens is 2. The molecule has 0 saturated carbocycles. The monoisotopic (exact) mass is 285 g/mol. The van der Waals surface area contributed by atoms with Crippen LogP contribution in [0.1, 0.15) is 16.8 Å². The molecule has 21 heavy (non-hydrogen) atoms. The van der Waals surface area contributed by atoms with Gasteiger partial charge in [0.15, 0.2) is 0 Å². The molecule has 3 N–H and O–H groups in total. The van der Waals surface area contributed by atoms with Crippen LogP contribution in [-0.2, 0) is 11.3 Å². The second kappa shape index (κ2) is 6.51. The van der Waals surface area contributed by atoms with Gasteiger partial charge < -0.3 is 10.3 Å². The molecular weight excluding hydrogens is 270 g/mol. The topological polar surface area (TPSA) is 94.8 Å². The fourth-order valence-corrected chi connectivity index (χ4v) is 1.74. The van der Waals surface area contributed by atoms with Crippen LogP contribution in [-0.4, -0.2) is 15.9 Å². The van der Waals surface area contributed by atoms with Gasteiger partial charge in [-0.1, -0.05) is 30.3 Å². The summed E-state index contributed by atoms with van der Waals surface area (Å²) >= 11 is 0. The van der Waals surface area contributed by atoms with Gasteiger partial charge in [-0.3, -0.25) is 14.6 Å². The van der Waals surface area contributed by atoms with Crippen molar-refractivity contribution in [2.75, 3.05) is 0 Å². The number of H-pyrrole nitrogens is 2. The first-order chi connectivity index (χ1) is 10.1. The van der Waals surface area contributed by atoms with E-state index in [0.29, 0.717) is 17.8 Å². The van der Waals surface area contributed by atoms with Gasteiger partial charge in [0, 0.05) is 18.2 Å². The van der Waals surface area contributed by atoms with E-state index in [4.69, 9.17) is 0 Å². The Morgan fingerprint density at radius 1 is 1.19 bits per heavy atom. The smallest absolute Gasteiger partial charge is 0.326 e. The van der Waals surface area contributed by atoms with Gasteiger partial charge in [0.2, 0.25) is 5.91 Å². The molecule has 6 nitrogen and oxygen atoms in total. The number of hydrogen-bond acceptors (Lipinski definition) is 3. The minimum Gasteiger partial charge on any atom is -0.348 e. The highest BCUT2D eigenvalue weighted by Crippen LogP contribution is 1.99. The average molecular weight is 285 g/mol. The Kier molecular flexibility index (Phi) is 4.50. The number of carbonyl (C=O) groups is 1. The predicted molar refractivity (Wildman–Crippen MR) is 79.7 cm³/mol. The van der Waals surface area contributed by atoms with Crippen molar-refractivity contribution in [2.45, 2.75) is 13.5 Å². The molecule has 0 unspecified atom stereocenters. The molecule has 0 aliphatic rings. The third-order valence-electron chi connectivity index (χ3n) is 2.93. The highest BCUT2D eigenvalue weighted by molar-refractivity contribution is 5.91. The van der Waals surface area contributed by atoms with Gasteiger partial charge in [-0.05, 0) is 18.6 Å². The predicted octanol–water partition coefficient (Wildman–Crippen LogP) is 0.701. The van der Waals surface area contributed by atoms with Gasteiger partial charge in [-0.15, -0.1) is 0 Å². The molecule has 1 aromatic heterocycles. The Balaban J connectivity index is 2.03. The number of aromatic amines is 2. The normalized spacial score (nSPS) is 10.7. The van der Waals surface area contributed by atoms with E-state index in [1.54, 1.807) is 6.92 Å². The summed E-state index contributed by atoms with van der Waals surface area (Å²) in [5.74, 6) is -0.306. The van der Waals surface area contributed by atoms with E-state index < -0.39 is 11.2 Å². The number of carbonyl (C=O) groups excluding carboxylic acids is 1. The number of nitrogens with one attached hydrogen (secondary N) is 3. The average Bonchev–Trinajstić information content (AvgIpc) is 2.48. The molecule has 2 rings (SSSR count). The summed E-state index contributed by atoms with van der Waals surface area (Å²) in [4.78, 5) is 38.9. The molecule has 1 heterocycles. The van der Waals surface area contributed by atoms with E-state index in [-0.39, 0.29) is 5.91 Å². The number of amides is 1. The third kappa shape index (κ3) is 4.04. The first-order valence-corrected chi connectivity index (χ1v) is 6.39. The summed E-state index contributed by atoms with van der Waals surface area (Å²) in [5, 5.41) is 2.71. The maximum Gasteiger partial charge on any atom is 0.326 e. The lowest BCUT2D eigenvalue weighted by atomic mass is 10.2. The maximum atomic E-state index is 11.7. The van der Waals surface area contributed by atoms with Gasteiger partial charge in [0.25, 0.3) is 5.56 Å². The van der Waals surface area contributed by atoms with Gasteiger partial charge in [-0.25, -0.2) is 4.79 Å². The van der Waals surface area contributed by atoms with Crippen molar-refractivity contribution in [3.63, 3.8) is 0 Å². The van der Waals surface area contributed by atoms with Crippen molar-refractivity contribution >= 4 is 12.0 Å². The van der Waals surface area contributed by atoms with Crippen molar-refractivity contribution in [1.82, 2.24) is 15.3 Å². The van der Waals surface area contributed by atoms with Crippen molar-refractivity contribution in [1.29, 1.82) is 0 Å². The van der Waals surface area contributed by atoms with Crippen molar-refractivity contribution < 1.29 is 4.79 Å². The summed E-state index contributed by atoms with van der Waals surface area (Å²) in [6.45, 7) is 1.98. The van der Waals surface area contributed by atoms with Crippen LogP contribution in [0.3, 0.4) is 0 Å². The van der Waals surface area contributed by atoms with Crippen molar-refractivity contribution in [2.24, 2.45) is 0 Å². The van der Waals surface area contributed by atoms with Gasteiger partial charge in [0.1, 0.15) is 0 Å². The number of benzene rings is 1. The van der Waals surface area contributed by atoms with Crippen LogP contribution in [0.15, 0.2) is 46.0 Å². The molecule has 0 bridgehead atoms. The lowest BCUT2D eigenvalue weighted by Crippen LogP contribution is -2.25.